The summed E-state index contributed by atoms with van der Waals surface area (Å²) in [4.78, 5) is 11.3. The maximum Gasteiger partial charge on any atom is 0.234 e. The predicted molar refractivity (Wildman–Crippen MR) is 64.4 cm³/mol. The van der Waals surface area contributed by atoms with Crippen molar-refractivity contribution in [2.24, 2.45) is 0 Å². The molecule has 0 bridgehead atoms. The van der Waals surface area contributed by atoms with Gasteiger partial charge in [0.15, 0.2) is 0 Å². The molecular formula is C12H24N2O2. The number of hydrogen-bond donors (Lipinski definition) is 2. The number of amides is 1. The van der Waals surface area contributed by atoms with Crippen LogP contribution in [0.4, 0.5) is 0 Å². The van der Waals surface area contributed by atoms with E-state index in [9.17, 15) is 4.79 Å². The van der Waals surface area contributed by atoms with Gasteiger partial charge in [0.25, 0.3) is 0 Å². The lowest BCUT2D eigenvalue weighted by Crippen LogP contribution is -2.35. The smallest absolute Gasteiger partial charge is 0.234 e. The summed E-state index contributed by atoms with van der Waals surface area (Å²) in [5.41, 5.74) is 0. The van der Waals surface area contributed by atoms with Crippen LogP contribution in [0.1, 0.15) is 39.5 Å². The number of carbonyl (C=O) groups excluding carboxylic acids is 1. The highest BCUT2D eigenvalue weighted by Gasteiger charge is 2.22. The largest absolute Gasteiger partial charge is 0.379 e. The molecule has 4 nitrogen and oxygen atoms in total. The normalized spacial score (nSPS) is 15.4. The zero-order chi connectivity index (χ0) is 11.8. The molecular weight excluding hydrogens is 204 g/mol. The van der Waals surface area contributed by atoms with E-state index >= 15 is 0 Å². The molecule has 1 fully saturated rings. The number of nitrogens with one attached hydrogen (secondary N) is 2. The van der Waals surface area contributed by atoms with Crippen LogP contribution in [0.3, 0.4) is 0 Å². The van der Waals surface area contributed by atoms with Gasteiger partial charge in [-0.05, 0) is 46.1 Å². The van der Waals surface area contributed by atoms with Gasteiger partial charge in [-0.25, -0.2) is 0 Å². The first kappa shape index (κ1) is 13.5. The third kappa shape index (κ3) is 7.65. The topological polar surface area (TPSA) is 50.4 Å². The number of carbonyl (C=O) groups is 1. The van der Waals surface area contributed by atoms with Crippen molar-refractivity contribution in [2.75, 3.05) is 19.7 Å². The van der Waals surface area contributed by atoms with Gasteiger partial charge in [-0.3, -0.25) is 4.79 Å². The van der Waals surface area contributed by atoms with Gasteiger partial charge < -0.3 is 15.4 Å². The second-order valence-electron chi connectivity index (χ2n) is 4.65. The SMILES string of the molecule is CC(C)OCCCCNCC(=O)NC1CC1. The van der Waals surface area contributed by atoms with E-state index in [1.165, 1.54) is 0 Å². The van der Waals surface area contributed by atoms with Crippen LogP contribution in [0.15, 0.2) is 0 Å². The van der Waals surface area contributed by atoms with Crippen molar-refractivity contribution in [3.05, 3.63) is 0 Å². The van der Waals surface area contributed by atoms with Gasteiger partial charge in [-0.2, -0.15) is 0 Å². The van der Waals surface area contributed by atoms with Crippen LogP contribution in [0.25, 0.3) is 0 Å². The highest BCUT2D eigenvalue weighted by atomic mass is 16.5. The minimum absolute atomic E-state index is 0.126. The molecule has 94 valence electrons. The van der Waals surface area contributed by atoms with E-state index in [0.29, 0.717) is 18.7 Å². The van der Waals surface area contributed by atoms with Crippen LogP contribution in [0.5, 0.6) is 0 Å². The monoisotopic (exact) mass is 228 g/mol. The second-order valence-corrected chi connectivity index (χ2v) is 4.65. The highest BCUT2D eigenvalue weighted by molar-refractivity contribution is 5.78. The van der Waals surface area contributed by atoms with Crippen LogP contribution in [-0.2, 0) is 9.53 Å². The number of rotatable bonds is 9. The zero-order valence-corrected chi connectivity index (χ0v) is 10.4. The second kappa shape index (κ2) is 7.63. The number of ether oxygens (including phenoxy) is 1. The molecule has 0 atom stereocenters. The Morgan fingerprint density at radius 3 is 2.75 bits per heavy atom. The summed E-state index contributed by atoms with van der Waals surface area (Å²) in [7, 11) is 0. The first-order valence-electron chi connectivity index (χ1n) is 6.30. The standard InChI is InChI=1S/C12H24N2O2/c1-10(2)16-8-4-3-7-13-9-12(15)14-11-5-6-11/h10-11,13H,3-9H2,1-2H3,(H,14,15). The van der Waals surface area contributed by atoms with Crippen molar-refractivity contribution >= 4 is 5.91 Å². The molecule has 0 aliphatic heterocycles. The fourth-order valence-corrected chi connectivity index (χ4v) is 1.38. The Hall–Kier alpha value is -0.610. The third-order valence-electron chi connectivity index (χ3n) is 2.43. The van der Waals surface area contributed by atoms with Gasteiger partial charge in [0.05, 0.1) is 12.6 Å². The quantitative estimate of drug-likeness (QED) is 0.580. The summed E-state index contributed by atoms with van der Waals surface area (Å²) in [5.74, 6) is 0.126. The van der Waals surface area contributed by atoms with Gasteiger partial charge in [-0.15, -0.1) is 0 Å². The Balaban J connectivity index is 1.78. The molecule has 0 radical (unpaired) electrons. The number of unbranched alkanes of at least 4 members (excludes halogenated alkanes) is 1. The molecule has 1 amide bonds. The van der Waals surface area contributed by atoms with Crippen LogP contribution in [0, 0.1) is 0 Å². The fourth-order valence-electron chi connectivity index (χ4n) is 1.38. The molecule has 1 aliphatic rings. The Morgan fingerprint density at radius 1 is 1.38 bits per heavy atom. The van der Waals surface area contributed by atoms with Gasteiger partial charge in [0, 0.05) is 12.6 Å². The summed E-state index contributed by atoms with van der Waals surface area (Å²) >= 11 is 0. The minimum atomic E-state index is 0.126. The molecule has 0 unspecified atom stereocenters. The van der Waals surface area contributed by atoms with Gasteiger partial charge in [0.1, 0.15) is 0 Å². The molecule has 16 heavy (non-hydrogen) atoms. The summed E-state index contributed by atoms with van der Waals surface area (Å²) in [6.45, 7) is 6.23. The molecule has 1 saturated carbocycles. The first-order chi connectivity index (χ1) is 7.68. The van der Waals surface area contributed by atoms with Crippen LogP contribution >= 0.6 is 0 Å². The Bertz CT molecular complexity index is 203. The van der Waals surface area contributed by atoms with Crippen LogP contribution in [0.2, 0.25) is 0 Å². The zero-order valence-electron chi connectivity index (χ0n) is 10.4. The van der Waals surface area contributed by atoms with Crippen molar-refractivity contribution in [3.63, 3.8) is 0 Å². The average molecular weight is 228 g/mol. The van der Waals surface area contributed by atoms with Crippen molar-refractivity contribution in [2.45, 2.75) is 51.7 Å². The van der Waals surface area contributed by atoms with Gasteiger partial charge in [0.2, 0.25) is 5.91 Å². The van der Waals surface area contributed by atoms with E-state index in [1.54, 1.807) is 0 Å². The molecule has 0 aromatic rings. The van der Waals surface area contributed by atoms with Gasteiger partial charge >= 0.3 is 0 Å². The van der Waals surface area contributed by atoms with Crippen molar-refractivity contribution < 1.29 is 9.53 Å². The lowest BCUT2D eigenvalue weighted by Gasteiger charge is -2.08. The maximum absolute atomic E-state index is 11.3. The summed E-state index contributed by atoms with van der Waals surface area (Å²) < 4.78 is 5.42. The lowest BCUT2D eigenvalue weighted by molar-refractivity contribution is -0.120. The molecule has 1 aliphatic carbocycles. The van der Waals surface area contributed by atoms with Gasteiger partial charge in [-0.1, -0.05) is 0 Å². The van der Waals surface area contributed by atoms with E-state index in [-0.39, 0.29) is 5.91 Å². The molecule has 1 rings (SSSR count). The maximum atomic E-state index is 11.3. The molecule has 0 heterocycles. The molecule has 0 saturated heterocycles. The van der Waals surface area contributed by atoms with E-state index in [2.05, 4.69) is 10.6 Å². The lowest BCUT2D eigenvalue weighted by atomic mass is 10.3. The van der Waals surface area contributed by atoms with Crippen LogP contribution < -0.4 is 10.6 Å². The highest BCUT2D eigenvalue weighted by Crippen LogP contribution is 2.18. The molecule has 2 N–H and O–H groups in total. The van der Waals surface area contributed by atoms with E-state index < -0.39 is 0 Å². The Morgan fingerprint density at radius 2 is 2.12 bits per heavy atom. The molecule has 4 heteroatoms. The first-order valence-corrected chi connectivity index (χ1v) is 6.30. The fraction of sp³-hybridized carbons (Fsp3) is 0.917. The Kier molecular flexibility index (Phi) is 6.42. The minimum Gasteiger partial charge on any atom is -0.379 e. The molecule has 0 spiro atoms. The third-order valence-corrected chi connectivity index (χ3v) is 2.43. The van der Waals surface area contributed by atoms with Crippen LogP contribution in [-0.4, -0.2) is 37.7 Å². The Labute approximate surface area is 98.1 Å². The van der Waals surface area contributed by atoms with E-state index in [0.717, 1.165) is 38.8 Å². The van der Waals surface area contributed by atoms with E-state index in [1.807, 2.05) is 13.8 Å². The van der Waals surface area contributed by atoms with E-state index in [4.69, 9.17) is 4.74 Å². The van der Waals surface area contributed by atoms with Crippen molar-refractivity contribution in [1.29, 1.82) is 0 Å². The predicted octanol–water partition coefficient (Wildman–Crippen LogP) is 1.06. The summed E-state index contributed by atoms with van der Waals surface area (Å²) in [6, 6.07) is 0.466. The van der Waals surface area contributed by atoms with Crippen molar-refractivity contribution in [3.8, 4) is 0 Å². The summed E-state index contributed by atoms with van der Waals surface area (Å²) in [5, 5.41) is 6.08. The number of hydrogen-bond acceptors (Lipinski definition) is 3. The molecule has 0 aromatic carbocycles. The summed E-state index contributed by atoms with van der Waals surface area (Å²) in [6.07, 6.45) is 4.73. The molecule has 0 aromatic heterocycles. The average Bonchev–Trinajstić information content (AvgIpc) is 2.99. The van der Waals surface area contributed by atoms with Crippen molar-refractivity contribution in [1.82, 2.24) is 10.6 Å².